The minimum absolute atomic E-state index is 0.127. The van der Waals surface area contributed by atoms with E-state index in [2.05, 4.69) is 10.2 Å². The highest BCUT2D eigenvalue weighted by Gasteiger charge is 2.53. The molecule has 3 aliphatic heterocycles. The Morgan fingerprint density at radius 1 is 0.903 bits per heavy atom. The fraction of sp³-hybridized carbons (Fsp3) is 0.978. The molecule has 3 saturated heterocycles. The monoisotopic (exact) mass is 891 g/mol. The number of nitrogens with zero attached hydrogens (tertiary/aromatic N) is 2. The summed E-state index contributed by atoms with van der Waals surface area (Å²) in [6, 6.07) is -0.843. The first-order chi connectivity index (χ1) is 28.9. The largest absolute Gasteiger partial charge is 0.459 e. The van der Waals surface area contributed by atoms with Gasteiger partial charge in [-0.1, -0.05) is 33.6 Å². The van der Waals surface area contributed by atoms with Gasteiger partial charge >= 0.3 is 5.97 Å². The predicted molar refractivity (Wildman–Crippen MR) is 238 cm³/mol. The maximum absolute atomic E-state index is 14.5. The molecule has 0 bridgehead atoms. The van der Waals surface area contributed by atoms with Crippen molar-refractivity contribution in [3.63, 3.8) is 0 Å². The summed E-state index contributed by atoms with van der Waals surface area (Å²) < 4.78 is 38.1. The van der Waals surface area contributed by atoms with Crippen LogP contribution in [0.2, 0.25) is 0 Å². The van der Waals surface area contributed by atoms with E-state index in [9.17, 15) is 30.3 Å². The summed E-state index contributed by atoms with van der Waals surface area (Å²) in [5.74, 6) is -2.64. The van der Waals surface area contributed by atoms with Crippen LogP contribution in [0.15, 0.2) is 0 Å². The van der Waals surface area contributed by atoms with Crippen LogP contribution < -0.4 is 11.1 Å². The van der Waals surface area contributed by atoms with Gasteiger partial charge in [0, 0.05) is 38.1 Å². The summed E-state index contributed by atoms with van der Waals surface area (Å²) in [4.78, 5) is 18.6. The Balaban J connectivity index is 2.10. The van der Waals surface area contributed by atoms with Gasteiger partial charge in [-0.05, 0) is 133 Å². The van der Waals surface area contributed by atoms with Crippen LogP contribution in [0, 0.1) is 17.8 Å². The van der Waals surface area contributed by atoms with Crippen LogP contribution in [-0.2, 0) is 33.2 Å². The molecule has 62 heavy (non-hydrogen) atoms. The lowest BCUT2D eigenvalue weighted by Crippen LogP contribution is -2.60. The number of hydrogen-bond donors (Lipinski definition) is 7. The van der Waals surface area contributed by atoms with Crippen LogP contribution in [-0.4, -0.2) is 186 Å². The zero-order valence-corrected chi connectivity index (χ0v) is 40.6. The van der Waals surface area contributed by atoms with E-state index in [1.807, 2.05) is 46.7 Å². The molecule has 0 amide bonds. The third-order valence-corrected chi connectivity index (χ3v) is 14.1. The van der Waals surface area contributed by atoms with E-state index in [1.54, 1.807) is 34.6 Å². The zero-order valence-electron chi connectivity index (χ0n) is 40.6. The van der Waals surface area contributed by atoms with E-state index >= 15 is 0 Å². The first kappa shape index (κ1) is 55.2. The fourth-order valence-corrected chi connectivity index (χ4v) is 10.2. The highest BCUT2D eigenvalue weighted by atomic mass is 16.7. The summed E-state index contributed by atoms with van der Waals surface area (Å²) in [5, 5.41) is 63.2. The van der Waals surface area contributed by atoms with Crippen molar-refractivity contribution in [2.45, 2.75) is 217 Å². The van der Waals surface area contributed by atoms with Gasteiger partial charge in [-0.3, -0.25) is 9.69 Å². The quantitative estimate of drug-likeness (QED) is 0.0826. The van der Waals surface area contributed by atoms with Crippen LogP contribution in [0.3, 0.4) is 0 Å². The van der Waals surface area contributed by atoms with Crippen molar-refractivity contribution in [1.29, 1.82) is 0 Å². The average molecular weight is 891 g/mol. The molecular formula is C46H90N4O12. The molecule has 0 aromatic carbocycles. The van der Waals surface area contributed by atoms with Crippen molar-refractivity contribution in [2.75, 3.05) is 53.9 Å². The highest BCUT2D eigenvalue weighted by Crippen LogP contribution is 2.40. The number of nitrogens with two attached hydrogens (primary N) is 1. The normalized spacial score (nSPS) is 43.5. The van der Waals surface area contributed by atoms with E-state index in [-0.39, 0.29) is 37.3 Å². The number of likely N-dealkylation sites (N-methyl/N-ethyl adjacent to an activating group) is 1. The number of carbonyl (C=O) groups is 1. The third-order valence-electron chi connectivity index (χ3n) is 14.1. The van der Waals surface area contributed by atoms with E-state index in [0.29, 0.717) is 26.1 Å². The Morgan fingerprint density at radius 3 is 2.16 bits per heavy atom. The summed E-state index contributed by atoms with van der Waals surface area (Å²) in [6.45, 7) is 21.3. The Bertz CT molecular complexity index is 1310. The molecule has 16 nitrogen and oxygen atoms in total. The number of esters is 1. The minimum Gasteiger partial charge on any atom is -0.459 e. The van der Waals surface area contributed by atoms with Crippen LogP contribution in [0.4, 0.5) is 0 Å². The zero-order chi connectivity index (χ0) is 46.7. The summed E-state index contributed by atoms with van der Waals surface area (Å²) in [7, 11) is 5.31. The lowest BCUT2D eigenvalue weighted by atomic mass is 9.77. The molecule has 366 valence electrons. The SMILES string of the molecule is CC[C@H]1OC(=O)[C@H](C)[C@@H](OC2C[C@@](C)(OC)[C@@H](O)[C@H](C)O2)[C@H](C)[C@@H](O[C@@H]2O[C@H](C)C[C@H](N(C)C)C2O)[C@](C)(O)C[C@@H](C)CN(CCCNCCCCCCN)[C@H](C)[C@H](O)[C@]1(C)O. The summed E-state index contributed by atoms with van der Waals surface area (Å²) in [5.41, 5.74) is 1.19. The summed E-state index contributed by atoms with van der Waals surface area (Å²) in [6.07, 6.45) is -3.27. The van der Waals surface area contributed by atoms with Crippen molar-refractivity contribution < 1.29 is 58.7 Å². The topological polar surface area (TPSA) is 218 Å². The van der Waals surface area contributed by atoms with Gasteiger partial charge in [0.05, 0.1) is 41.5 Å². The van der Waals surface area contributed by atoms with Gasteiger partial charge in [-0.25, -0.2) is 0 Å². The maximum Gasteiger partial charge on any atom is 0.311 e. The number of aliphatic hydroxyl groups is 5. The number of cyclic esters (lactones) is 1. The second-order valence-corrected chi connectivity index (χ2v) is 20.0. The molecule has 3 aliphatic rings. The average Bonchev–Trinajstić information content (AvgIpc) is 3.20. The molecule has 3 heterocycles. The molecule has 0 spiro atoms. The van der Waals surface area contributed by atoms with Crippen molar-refractivity contribution in [2.24, 2.45) is 23.5 Å². The predicted octanol–water partition coefficient (Wildman–Crippen LogP) is 2.77. The van der Waals surface area contributed by atoms with E-state index < -0.39 is 96.0 Å². The molecule has 3 fully saturated rings. The number of methoxy groups -OCH3 is 1. The van der Waals surface area contributed by atoms with Crippen molar-refractivity contribution in [3.8, 4) is 0 Å². The third kappa shape index (κ3) is 14.5. The highest BCUT2D eigenvalue weighted by molar-refractivity contribution is 5.73. The summed E-state index contributed by atoms with van der Waals surface area (Å²) >= 11 is 0. The molecule has 0 aromatic rings. The van der Waals surface area contributed by atoms with Crippen LogP contribution in [0.25, 0.3) is 0 Å². The van der Waals surface area contributed by atoms with E-state index in [0.717, 1.165) is 45.2 Å². The van der Waals surface area contributed by atoms with Gasteiger partial charge in [-0.15, -0.1) is 0 Å². The van der Waals surface area contributed by atoms with Crippen LogP contribution in [0.1, 0.15) is 127 Å². The van der Waals surface area contributed by atoms with Gasteiger partial charge in [0.2, 0.25) is 0 Å². The van der Waals surface area contributed by atoms with Gasteiger partial charge in [0.1, 0.15) is 30.0 Å². The molecule has 0 aliphatic carbocycles. The van der Waals surface area contributed by atoms with Crippen molar-refractivity contribution in [1.82, 2.24) is 15.1 Å². The first-order valence-electron chi connectivity index (χ1n) is 23.6. The number of rotatable bonds is 17. The Morgan fingerprint density at radius 2 is 1.55 bits per heavy atom. The second kappa shape index (κ2) is 24.6. The molecule has 3 rings (SSSR count). The number of hydrogen-bond acceptors (Lipinski definition) is 16. The molecular weight excluding hydrogens is 801 g/mol. The second-order valence-electron chi connectivity index (χ2n) is 20.0. The molecule has 0 saturated carbocycles. The number of ether oxygens (including phenoxy) is 6. The smallest absolute Gasteiger partial charge is 0.311 e. The molecule has 18 atom stereocenters. The van der Waals surface area contributed by atoms with Gasteiger partial charge < -0.3 is 69.9 Å². The number of nitrogens with one attached hydrogen (secondary N) is 1. The van der Waals surface area contributed by atoms with Gasteiger partial charge in [0.15, 0.2) is 12.6 Å². The number of unbranched alkanes of at least 4 members (excludes halogenated alkanes) is 3. The fourth-order valence-electron chi connectivity index (χ4n) is 10.2. The Kier molecular flexibility index (Phi) is 21.9. The number of aliphatic hydroxyl groups excluding tert-OH is 3. The maximum atomic E-state index is 14.5. The van der Waals surface area contributed by atoms with Gasteiger partial charge in [0.25, 0.3) is 0 Å². The van der Waals surface area contributed by atoms with E-state index in [1.165, 1.54) is 14.0 Å². The molecule has 16 heteroatoms. The van der Waals surface area contributed by atoms with Crippen molar-refractivity contribution >= 4 is 5.97 Å². The minimum atomic E-state index is -1.83. The Hall–Kier alpha value is -1.09. The molecule has 8 N–H and O–H groups in total. The van der Waals surface area contributed by atoms with Gasteiger partial charge in [-0.2, -0.15) is 0 Å². The van der Waals surface area contributed by atoms with Crippen LogP contribution in [0.5, 0.6) is 0 Å². The van der Waals surface area contributed by atoms with E-state index in [4.69, 9.17) is 34.2 Å². The molecule has 2 unspecified atom stereocenters. The first-order valence-corrected chi connectivity index (χ1v) is 23.6. The van der Waals surface area contributed by atoms with Crippen molar-refractivity contribution in [3.05, 3.63) is 0 Å². The standard InChI is InChI=1S/C46H90N4O12/c1-14-35-46(10,56)39(52)32(6)50(23-19-22-48-21-18-16-15-17-20-47)27-28(2)25-44(8,55)41(62-43-37(51)34(49(11)12)24-29(3)58-43)30(4)38(31(5)42(54)60-35)61-36-26-45(9,57-13)40(53)33(7)59-36/h28-41,43,48,51-53,55-56H,14-27,47H2,1-13H3/t28-,29-,30+,31-,32-,33+,34+,35-,36?,37?,38+,39+,40+,41-,43+,44-,45-,46-/m1/s1. The lowest BCUT2D eigenvalue weighted by Gasteiger charge is -2.48. The number of carbonyl (C=O) groups excluding carboxylic acids is 1. The van der Waals surface area contributed by atoms with Crippen LogP contribution >= 0.6 is 0 Å². The molecule has 0 aromatic heterocycles. The molecule has 0 radical (unpaired) electrons. The Labute approximate surface area is 373 Å². The lowest BCUT2D eigenvalue weighted by molar-refractivity contribution is -0.318.